The van der Waals surface area contributed by atoms with Crippen LogP contribution in [0.4, 0.5) is 16.0 Å². The molecule has 0 spiro atoms. The fraction of sp³-hybridized carbons (Fsp3) is 0.367. The number of rotatable bonds is 9. The number of nitrogens with zero attached hydrogens (tertiary/aromatic N) is 3. The first kappa shape index (κ1) is 28.3. The van der Waals surface area contributed by atoms with Crippen molar-refractivity contribution in [1.82, 2.24) is 20.3 Å². The van der Waals surface area contributed by atoms with Crippen LogP contribution in [-0.4, -0.2) is 61.0 Å². The highest BCUT2D eigenvalue weighted by Gasteiger charge is 2.25. The summed E-state index contributed by atoms with van der Waals surface area (Å²) in [7, 11) is -3.86. The van der Waals surface area contributed by atoms with Gasteiger partial charge in [0.1, 0.15) is 11.6 Å². The zero-order valence-electron chi connectivity index (χ0n) is 23.3. The molecule has 4 heterocycles. The van der Waals surface area contributed by atoms with Crippen LogP contribution < -0.4 is 20.1 Å². The van der Waals surface area contributed by atoms with Gasteiger partial charge in [-0.2, -0.15) is 0 Å². The van der Waals surface area contributed by atoms with E-state index in [-0.39, 0.29) is 17.5 Å². The molecule has 10 nitrogen and oxygen atoms in total. The fourth-order valence-electron chi connectivity index (χ4n) is 5.42. The van der Waals surface area contributed by atoms with Crippen LogP contribution in [0.15, 0.2) is 54.9 Å². The quantitative estimate of drug-likeness (QED) is 0.246. The van der Waals surface area contributed by atoms with Gasteiger partial charge in [-0.1, -0.05) is 12.1 Å². The van der Waals surface area contributed by atoms with Gasteiger partial charge < -0.3 is 20.1 Å². The standard InChI is InChI=1S/C30H33FN6O4S/c1-19-8-9-22-23(10-11-25(31)27(22)37-42(38,39)18-21-6-4-16-40-21)28(19)41-29-24(7-3-14-33-29)26-12-15-34-30(36-26)35-20-5-2-13-32-17-20/h3,7-12,14-15,20-21,32,37H,2,4-6,13,16-18H2,1H3,(H,34,35,36). The Morgan fingerprint density at radius 2 is 1.95 bits per heavy atom. The molecule has 3 N–H and O–H groups in total. The average Bonchev–Trinajstić information content (AvgIpc) is 3.49. The van der Waals surface area contributed by atoms with Crippen molar-refractivity contribution in [3.63, 3.8) is 0 Å². The molecular formula is C30H33FN6O4S. The highest BCUT2D eigenvalue weighted by molar-refractivity contribution is 7.92. The van der Waals surface area contributed by atoms with E-state index in [4.69, 9.17) is 14.5 Å². The Balaban J connectivity index is 1.32. The number of hydrogen-bond acceptors (Lipinski definition) is 9. The van der Waals surface area contributed by atoms with E-state index in [2.05, 4.69) is 25.3 Å². The maximum atomic E-state index is 15.1. The van der Waals surface area contributed by atoms with Crippen LogP contribution in [0.1, 0.15) is 31.2 Å². The maximum absolute atomic E-state index is 15.1. The van der Waals surface area contributed by atoms with Crippen molar-refractivity contribution < 1.29 is 22.3 Å². The summed E-state index contributed by atoms with van der Waals surface area (Å²) in [5, 5.41) is 7.69. The third kappa shape index (κ3) is 6.30. The molecule has 220 valence electrons. The van der Waals surface area contributed by atoms with E-state index in [1.807, 2.05) is 13.0 Å². The van der Waals surface area contributed by atoms with E-state index in [1.54, 1.807) is 42.7 Å². The van der Waals surface area contributed by atoms with E-state index in [1.165, 1.54) is 6.07 Å². The molecule has 6 rings (SSSR count). The van der Waals surface area contributed by atoms with Gasteiger partial charge >= 0.3 is 0 Å². The number of aromatic nitrogens is 3. The van der Waals surface area contributed by atoms with Crippen LogP contribution in [0.2, 0.25) is 0 Å². The number of halogens is 1. The van der Waals surface area contributed by atoms with E-state index in [0.717, 1.165) is 37.9 Å². The lowest BCUT2D eigenvalue weighted by molar-refractivity contribution is 0.127. The molecule has 2 atom stereocenters. The third-order valence-electron chi connectivity index (χ3n) is 7.52. The predicted molar refractivity (Wildman–Crippen MR) is 160 cm³/mol. The summed E-state index contributed by atoms with van der Waals surface area (Å²) in [6.07, 6.45) is 6.50. The van der Waals surface area contributed by atoms with Crippen molar-refractivity contribution in [2.24, 2.45) is 0 Å². The lowest BCUT2D eigenvalue weighted by Gasteiger charge is -2.23. The summed E-state index contributed by atoms with van der Waals surface area (Å²) in [6, 6.07) is 12.0. The van der Waals surface area contributed by atoms with Gasteiger partial charge in [0.25, 0.3) is 0 Å². The lowest BCUT2D eigenvalue weighted by Crippen LogP contribution is -2.38. The van der Waals surface area contributed by atoms with Crippen molar-refractivity contribution in [2.75, 3.05) is 35.5 Å². The molecule has 0 aliphatic carbocycles. The van der Waals surface area contributed by atoms with Crippen LogP contribution in [0.3, 0.4) is 0 Å². The van der Waals surface area contributed by atoms with E-state index in [0.29, 0.717) is 52.6 Å². The van der Waals surface area contributed by atoms with E-state index in [9.17, 15) is 8.42 Å². The molecule has 2 saturated heterocycles. The highest BCUT2D eigenvalue weighted by atomic mass is 32.2. The van der Waals surface area contributed by atoms with E-state index >= 15 is 4.39 Å². The zero-order valence-corrected chi connectivity index (χ0v) is 24.1. The van der Waals surface area contributed by atoms with Gasteiger partial charge in [0.05, 0.1) is 28.8 Å². The maximum Gasteiger partial charge on any atom is 0.235 e. The van der Waals surface area contributed by atoms with Crippen LogP contribution >= 0.6 is 0 Å². The Kier molecular flexibility index (Phi) is 8.18. The first-order valence-corrected chi connectivity index (χ1v) is 15.8. The smallest absolute Gasteiger partial charge is 0.235 e. The largest absolute Gasteiger partial charge is 0.437 e. The number of anilines is 2. The number of aryl methyl sites for hydroxylation is 1. The molecule has 2 aliphatic heterocycles. The van der Waals surface area contributed by atoms with Crippen LogP contribution in [0.5, 0.6) is 11.6 Å². The number of pyridine rings is 1. The molecule has 2 aromatic heterocycles. The fourth-order valence-corrected chi connectivity index (χ4v) is 6.77. The minimum absolute atomic E-state index is 0.125. The second-order valence-electron chi connectivity index (χ2n) is 10.7. The number of ether oxygens (including phenoxy) is 2. The SMILES string of the molecule is Cc1ccc2c(NS(=O)(=O)CC3CCCO3)c(F)ccc2c1Oc1ncccc1-c1ccnc(NC2CCCNC2)n1. The molecule has 12 heteroatoms. The van der Waals surface area contributed by atoms with E-state index < -0.39 is 21.9 Å². The molecule has 42 heavy (non-hydrogen) atoms. The second kappa shape index (κ2) is 12.2. The molecule has 0 radical (unpaired) electrons. The number of benzene rings is 2. The number of hydrogen-bond donors (Lipinski definition) is 3. The van der Waals surface area contributed by atoms with Crippen LogP contribution in [0.25, 0.3) is 22.0 Å². The van der Waals surface area contributed by atoms with Gasteiger partial charge in [-0.15, -0.1) is 0 Å². The summed E-state index contributed by atoms with van der Waals surface area (Å²) in [6.45, 7) is 4.26. The number of fused-ring (bicyclic) bond motifs is 1. The summed E-state index contributed by atoms with van der Waals surface area (Å²) < 4.78 is 55.3. The Hall–Kier alpha value is -3.87. The van der Waals surface area contributed by atoms with Gasteiger partial charge in [0, 0.05) is 42.4 Å². The molecule has 0 amide bonds. The Bertz CT molecular complexity index is 1690. The van der Waals surface area contributed by atoms with Crippen molar-refractivity contribution >= 4 is 32.4 Å². The Labute approximate surface area is 244 Å². The Morgan fingerprint density at radius 1 is 1.07 bits per heavy atom. The molecule has 2 fully saturated rings. The topological polar surface area (TPSA) is 127 Å². The minimum atomic E-state index is -3.86. The van der Waals surface area contributed by atoms with Crippen molar-refractivity contribution in [3.05, 3.63) is 66.2 Å². The van der Waals surface area contributed by atoms with Gasteiger partial charge in [-0.25, -0.2) is 27.8 Å². The molecule has 2 unspecified atom stereocenters. The monoisotopic (exact) mass is 592 g/mol. The van der Waals surface area contributed by atoms with Crippen molar-refractivity contribution in [3.8, 4) is 22.9 Å². The highest BCUT2D eigenvalue weighted by Crippen LogP contribution is 2.39. The van der Waals surface area contributed by atoms with Gasteiger partial charge in [-0.05, 0) is 75.0 Å². The molecule has 0 bridgehead atoms. The minimum Gasteiger partial charge on any atom is -0.437 e. The molecule has 4 aromatic rings. The van der Waals surface area contributed by atoms with Gasteiger partial charge in [-0.3, -0.25) is 4.72 Å². The second-order valence-corrected chi connectivity index (χ2v) is 12.4. The van der Waals surface area contributed by atoms with Gasteiger partial charge in [0.15, 0.2) is 0 Å². The molecule has 2 aromatic carbocycles. The van der Waals surface area contributed by atoms with Crippen molar-refractivity contribution in [2.45, 2.75) is 44.8 Å². The summed E-state index contributed by atoms with van der Waals surface area (Å²) >= 11 is 0. The lowest BCUT2D eigenvalue weighted by atomic mass is 10.0. The summed E-state index contributed by atoms with van der Waals surface area (Å²) in [5.74, 6) is 0.353. The van der Waals surface area contributed by atoms with Crippen molar-refractivity contribution in [1.29, 1.82) is 0 Å². The third-order valence-corrected chi connectivity index (χ3v) is 8.84. The molecule has 0 saturated carbocycles. The Morgan fingerprint density at radius 3 is 2.76 bits per heavy atom. The average molecular weight is 593 g/mol. The first-order chi connectivity index (χ1) is 20.4. The normalized spacial score (nSPS) is 19.1. The molecular weight excluding hydrogens is 559 g/mol. The zero-order chi connectivity index (χ0) is 29.1. The van der Waals surface area contributed by atoms with Crippen LogP contribution in [-0.2, 0) is 14.8 Å². The number of piperidine rings is 1. The van der Waals surface area contributed by atoms with Crippen LogP contribution in [0, 0.1) is 12.7 Å². The predicted octanol–water partition coefficient (Wildman–Crippen LogP) is 5.02. The first-order valence-electron chi connectivity index (χ1n) is 14.1. The number of sulfonamides is 1. The summed E-state index contributed by atoms with van der Waals surface area (Å²) in [4.78, 5) is 13.6. The number of nitrogens with one attached hydrogen (secondary N) is 3. The van der Waals surface area contributed by atoms with Gasteiger partial charge in [0.2, 0.25) is 21.9 Å². The summed E-state index contributed by atoms with van der Waals surface area (Å²) in [5.41, 5.74) is 1.93. The molecule has 2 aliphatic rings.